The molecule has 0 saturated carbocycles. The third kappa shape index (κ3) is 2.62. The number of halogens is 2. The number of hydrogen-bond donors (Lipinski definition) is 0. The van der Waals surface area contributed by atoms with E-state index in [0.717, 1.165) is 0 Å². The molecule has 0 unspecified atom stereocenters. The average molecular weight is 334 g/mol. The number of aromatic nitrogens is 4. The SMILES string of the molecule is CC(C)c1noc(Cn2cnc(Cl)c(Br)c2=O)n1. The van der Waals surface area contributed by atoms with Crippen LogP contribution in [0.3, 0.4) is 0 Å². The molecular weight excluding hydrogens is 323 g/mol. The van der Waals surface area contributed by atoms with Gasteiger partial charge in [-0.25, -0.2) is 4.98 Å². The summed E-state index contributed by atoms with van der Waals surface area (Å²) in [5.41, 5.74) is -0.292. The van der Waals surface area contributed by atoms with Crippen LogP contribution in [0.25, 0.3) is 0 Å². The van der Waals surface area contributed by atoms with Gasteiger partial charge in [-0.1, -0.05) is 30.6 Å². The maximum atomic E-state index is 11.8. The van der Waals surface area contributed by atoms with Crippen LogP contribution < -0.4 is 5.56 Å². The Hall–Kier alpha value is -1.21. The van der Waals surface area contributed by atoms with Gasteiger partial charge in [-0.05, 0) is 15.9 Å². The summed E-state index contributed by atoms with van der Waals surface area (Å²) in [5, 5.41) is 3.95. The van der Waals surface area contributed by atoms with E-state index in [-0.39, 0.29) is 27.6 Å². The first-order chi connectivity index (χ1) is 8.49. The molecule has 6 nitrogen and oxygen atoms in total. The molecule has 0 atom stereocenters. The van der Waals surface area contributed by atoms with Crippen molar-refractivity contribution < 1.29 is 4.52 Å². The minimum atomic E-state index is -0.292. The second kappa shape index (κ2) is 5.19. The lowest BCUT2D eigenvalue weighted by atomic mass is 10.2. The fraction of sp³-hybridized carbons (Fsp3) is 0.400. The van der Waals surface area contributed by atoms with Crippen molar-refractivity contribution in [1.82, 2.24) is 19.7 Å². The predicted molar refractivity (Wildman–Crippen MR) is 68.7 cm³/mol. The summed E-state index contributed by atoms with van der Waals surface area (Å²) < 4.78 is 6.62. The molecule has 0 saturated heterocycles. The second-order valence-electron chi connectivity index (χ2n) is 3.98. The predicted octanol–water partition coefficient (Wildman–Crippen LogP) is 2.21. The van der Waals surface area contributed by atoms with E-state index in [9.17, 15) is 4.79 Å². The molecular formula is C10H10BrClN4O2. The van der Waals surface area contributed by atoms with E-state index in [1.54, 1.807) is 0 Å². The van der Waals surface area contributed by atoms with E-state index < -0.39 is 0 Å². The fourth-order valence-electron chi connectivity index (χ4n) is 1.27. The van der Waals surface area contributed by atoms with Gasteiger partial charge in [0.2, 0.25) is 5.89 Å². The summed E-state index contributed by atoms with van der Waals surface area (Å²) in [4.78, 5) is 19.9. The largest absolute Gasteiger partial charge is 0.337 e. The molecule has 0 fully saturated rings. The molecule has 0 aromatic carbocycles. The van der Waals surface area contributed by atoms with Crippen LogP contribution in [0.5, 0.6) is 0 Å². The van der Waals surface area contributed by atoms with Gasteiger partial charge in [-0.15, -0.1) is 0 Å². The molecule has 96 valence electrons. The molecule has 0 spiro atoms. The van der Waals surface area contributed by atoms with E-state index in [0.29, 0.717) is 11.7 Å². The van der Waals surface area contributed by atoms with Gasteiger partial charge in [0.1, 0.15) is 11.0 Å². The summed E-state index contributed by atoms with van der Waals surface area (Å²) >= 11 is 8.79. The van der Waals surface area contributed by atoms with Crippen molar-refractivity contribution in [2.75, 3.05) is 0 Å². The van der Waals surface area contributed by atoms with Crippen LogP contribution >= 0.6 is 27.5 Å². The first kappa shape index (κ1) is 13.2. The second-order valence-corrected chi connectivity index (χ2v) is 5.13. The van der Waals surface area contributed by atoms with Crippen molar-refractivity contribution >= 4 is 27.5 Å². The fourth-order valence-corrected chi connectivity index (χ4v) is 1.72. The van der Waals surface area contributed by atoms with E-state index in [4.69, 9.17) is 16.1 Å². The summed E-state index contributed by atoms with van der Waals surface area (Å²) in [6.45, 7) is 4.09. The summed E-state index contributed by atoms with van der Waals surface area (Å²) in [5.74, 6) is 1.14. The Morgan fingerprint density at radius 2 is 2.28 bits per heavy atom. The lowest BCUT2D eigenvalue weighted by molar-refractivity contribution is 0.362. The van der Waals surface area contributed by atoms with Crippen LogP contribution in [0, 0.1) is 0 Å². The zero-order valence-electron chi connectivity index (χ0n) is 9.72. The van der Waals surface area contributed by atoms with Crippen LogP contribution in [0.4, 0.5) is 0 Å². The van der Waals surface area contributed by atoms with Crippen molar-refractivity contribution in [3.63, 3.8) is 0 Å². The van der Waals surface area contributed by atoms with Gasteiger partial charge >= 0.3 is 0 Å². The van der Waals surface area contributed by atoms with Crippen LogP contribution in [0.2, 0.25) is 5.15 Å². The monoisotopic (exact) mass is 332 g/mol. The Kier molecular flexibility index (Phi) is 3.82. The topological polar surface area (TPSA) is 73.8 Å². The molecule has 0 aliphatic carbocycles. The summed E-state index contributed by atoms with van der Waals surface area (Å²) in [6.07, 6.45) is 1.34. The molecule has 2 rings (SSSR count). The Labute approximate surface area is 116 Å². The van der Waals surface area contributed by atoms with Crippen LogP contribution in [-0.4, -0.2) is 19.7 Å². The third-order valence-corrected chi connectivity index (χ3v) is 3.48. The van der Waals surface area contributed by atoms with Gasteiger partial charge < -0.3 is 4.52 Å². The van der Waals surface area contributed by atoms with Gasteiger partial charge in [0.25, 0.3) is 5.56 Å². The third-order valence-electron chi connectivity index (χ3n) is 2.25. The van der Waals surface area contributed by atoms with Crippen LogP contribution in [-0.2, 0) is 6.54 Å². The van der Waals surface area contributed by atoms with Gasteiger partial charge in [0, 0.05) is 5.92 Å². The Morgan fingerprint density at radius 3 is 2.89 bits per heavy atom. The zero-order valence-corrected chi connectivity index (χ0v) is 12.1. The van der Waals surface area contributed by atoms with Crippen molar-refractivity contribution in [3.8, 4) is 0 Å². The molecule has 18 heavy (non-hydrogen) atoms. The highest BCUT2D eigenvalue weighted by atomic mass is 79.9. The molecule has 8 heteroatoms. The minimum absolute atomic E-state index is 0.129. The summed E-state index contributed by atoms with van der Waals surface area (Å²) in [7, 11) is 0. The number of nitrogens with zero attached hydrogens (tertiary/aromatic N) is 4. The molecule has 0 N–H and O–H groups in total. The highest BCUT2D eigenvalue weighted by Crippen LogP contribution is 2.14. The molecule has 0 bridgehead atoms. The van der Waals surface area contributed by atoms with Gasteiger partial charge in [-0.2, -0.15) is 4.98 Å². The maximum absolute atomic E-state index is 11.8. The molecule has 2 aromatic rings. The molecule has 2 aromatic heterocycles. The van der Waals surface area contributed by atoms with Crippen molar-refractivity contribution in [2.24, 2.45) is 0 Å². The molecule has 0 aliphatic heterocycles. The van der Waals surface area contributed by atoms with E-state index in [1.807, 2.05) is 13.8 Å². The van der Waals surface area contributed by atoms with Crippen molar-refractivity contribution in [2.45, 2.75) is 26.3 Å². The van der Waals surface area contributed by atoms with Gasteiger partial charge in [0.05, 0.1) is 6.33 Å². The summed E-state index contributed by atoms with van der Waals surface area (Å²) in [6, 6.07) is 0. The maximum Gasteiger partial charge on any atom is 0.269 e. The zero-order chi connectivity index (χ0) is 13.3. The quantitative estimate of drug-likeness (QED) is 0.805. The molecule has 2 heterocycles. The van der Waals surface area contributed by atoms with Crippen molar-refractivity contribution in [3.05, 3.63) is 38.0 Å². The van der Waals surface area contributed by atoms with E-state index in [2.05, 4.69) is 31.1 Å². The standard InChI is InChI=1S/C10H10BrClN4O2/c1-5(2)9-14-6(18-15-9)3-16-4-13-8(12)7(11)10(16)17/h4-5H,3H2,1-2H3. The van der Waals surface area contributed by atoms with Crippen molar-refractivity contribution in [1.29, 1.82) is 0 Å². The van der Waals surface area contributed by atoms with Gasteiger partial charge in [-0.3, -0.25) is 9.36 Å². The Balaban J connectivity index is 2.29. The first-order valence-electron chi connectivity index (χ1n) is 5.22. The van der Waals surface area contributed by atoms with Crippen LogP contribution in [0.15, 0.2) is 20.1 Å². The van der Waals surface area contributed by atoms with E-state index in [1.165, 1.54) is 10.9 Å². The minimum Gasteiger partial charge on any atom is -0.337 e. The van der Waals surface area contributed by atoms with Gasteiger partial charge in [0.15, 0.2) is 11.0 Å². The molecule has 0 amide bonds. The highest BCUT2D eigenvalue weighted by molar-refractivity contribution is 9.10. The molecule has 0 aliphatic rings. The normalized spacial score (nSPS) is 11.2. The smallest absolute Gasteiger partial charge is 0.269 e. The average Bonchev–Trinajstić information content (AvgIpc) is 2.79. The molecule has 0 radical (unpaired) electrons. The Bertz CT molecular complexity index is 623. The highest BCUT2D eigenvalue weighted by Gasteiger charge is 2.12. The van der Waals surface area contributed by atoms with E-state index >= 15 is 0 Å². The number of hydrogen-bond acceptors (Lipinski definition) is 5. The lowest BCUT2D eigenvalue weighted by Gasteiger charge is -2.02. The first-order valence-corrected chi connectivity index (χ1v) is 6.39. The Morgan fingerprint density at radius 1 is 1.56 bits per heavy atom. The number of rotatable bonds is 3. The van der Waals surface area contributed by atoms with Crippen LogP contribution in [0.1, 0.15) is 31.5 Å². The lowest BCUT2D eigenvalue weighted by Crippen LogP contribution is -2.22.